The Morgan fingerprint density at radius 2 is 1.95 bits per heavy atom. The van der Waals surface area contributed by atoms with Crippen LogP contribution in [0.4, 0.5) is 11.4 Å². The lowest BCUT2D eigenvalue weighted by atomic mass is 10.1. The number of hydrogen-bond acceptors (Lipinski definition) is 4. The lowest BCUT2D eigenvalue weighted by molar-refractivity contribution is -0.384. The summed E-state index contributed by atoms with van der Waals surface area (Å²) < 4.78 is 0.885. The third kappa shape index (κ3) is 2.92. The van der Waals surface area contributed by atoms with E-state index in [9.17, 15) is 10.1 Å². The van der Waals surface area contributed by atoms with Crippen LogP contribution >= 0.6 is 15.9 Å². The monoisotopic (exact) mass is 357 g/mol. The van der Waals surface area contributed by atoms with Crippen LogP contribution < -0.4 is 5.32 Å². The summed E-state index contributed by atoms with van der Waals surface area (Å²) in [5.41, 5.74) is 2.23. The zero-order chi connectivity index (χ0) is 15.5. The molecule has 2 aromatic carbocycles. The molecule has 0 amide bonds. The van der Waals surface area contributed by atoms with Crippen molar-refractivity contribution in [1.29, 1.82) is 0 Å². The van der Waals surface area contributed by atoms with Gasteiger partial charge in [-0.25, -0.2) is 4.98 Å². The minimum absolute atomic E-state index is 0.0225. The van der Waals surface area contributed by atoms with E-state index >= 15 is 0 Å². The van der Waals surface area contributed by atoms with Crippen LogP contribution in [-0.2, 0) is 6.54 Å². The van der Waals surface area contributed by atoms with Crippen LogP contribution in [0.25, 0.3) is 10.9 Å². The normalized spacial score (nSPS) is 10.6. The molecule has 6 heteroatoms. The molecule has 0 unspecified atom stereocenters. The Morgan fingerprint density at radius 3 is 2.68 bits per heavy atom. The zero-order valence-corrected chi connectivity index (χ0v) is 13.1. The van der Waals surface area contributed by atoms with Crippen molar-refractivity contribution >= 4 is 38.2 Å². The number of hydrogen-bond donors (Lipinski definition) is 1. The molecule has 0 atom stereocenters. The molecule has 1 heterocycles. The quantitative estimate of drug-likeness (QED) is 0.550. The van der Waals surface area contributed by atoms with Gasteiger partial charge in [0, 0.05) is 16.4 Å². The van der Waals surface area contributed by atoms with Gasteiger partial charge in [-0.05, 0) is 23.8 Å². The van der Waals surface area contributed by atoms with Crippen molar-refractivity contribution in [3.63, 3.8) is 0 Å². The number of benzene rings is 2. The minimum Gasteiger partial charge on any atom is -0.375 e. The average Bonchev–Trinajstić information content (AvgIpc) is 2.53. The van der Waals surface area contributed by atoms with Crippen molar-refractivity contribution in [3.05, 3.63) is 74.9 Å². The van der Waals surface area contributed by atoms with Gasteiger partial charge in [-0.3, -0.25) is 10.1 Å². The summed E-state index contributed by atoms with van der Waals surface area (Å²) in [5.74, 6) is 0. The van der Waals surface area contributed by atoms with Crippen molar-refractivity contribution in [2.45, 2.75) is 6.54 Å². The van der Waals surface area contributed by atoms with Crippen molar-refractivity contribution in [2.75, 3.05) is 5.32 Å². The van der Waals surface area contributed by atoms with Gasteiger partial charge in [0.1, 0.15) is 11.9 Å². The Labute approximate surface area is 135 Å². The maximum Gasteiger partial charge on any atom is 0.311 e. The lowest BCUT2D eigenvalue weighted by Crippen LogP contribution is -2.04. The smallest absolute Gasteiger partial charge is 0.311 e. The van der Waals surface area contributed by atoms with Crippen molar-refractivity contribution in [1.82, 2.24) is 4.98 Å². The molecule has 0 bridgehead atoms. The van der Waals surface area contributed by atoms with Gasteiger partial charge in [0.15, 0.2) is 0 Å². The van der Waals surface area contributed by atoms with Crippen LogP contribution in [0.1, 0.15) is 5.56 Å². The predicted molar refractivity (Wildman–Crippen MR) is 89.9 cm³/mol. The van der Waals surface area contributed by atoms with E-state index in [0.717, 1.165) is 15.4 Å². The highest BCUT2D eigenvalue weighted by molar-refractivity contribution is 9.10. The molecule has 0 radical (unpaired) electrons. The second kappa shape index (κ2) is 6.11. The van der Waals surface area contributed by atoms with Crippen molar-refractivity contribution in [3.8, 4) is 0 Å². The number of rotatable bonds is 4. The number of nitrogens with one attached hydrogen (secondary N) is 1. The van der Waals surface area contributed by atoms with E-state index in [2.05, 4.69) is 26.2 Å². The summed E-state index contributed by atoms with van der Waals surface area (Å²) >= 11 is 3.39. The molecular formula is C16H12BrN3O2. The van der Waals surface area contributed by atoms with E-state index in [4.69, 9.17) is 0 Å². The number of nitrogens with zero attached hydrogens (tertiary/aromatic N) is 2. The van der Waals surface area contributed by atoms with Crippen LogP contribution in [0.15, 0.2) is 59.2 Å². The van der Waals surface area contributed by atoms with Gasteiger partial charge in [0.25, 0.3) is 0 Å². The van der Waals surface area contributed by atoms with E-state index in [-0.39, 0.29) is 5.69 Å². The molecule has 110 valence electrons. The highest BCUT2D eigenvalue weighted by Crippen LogP contribution is 2.33. The van der Waals surface area contributed by atoms with Crippen molar-refractivity contribution < 1.29 is 4.92 Å². The number of fused-ring (bicyclic) bond motifs is 1. The van der Waals surface area contributed by atoms with E-state index in [1.54, 1.807) is 0 Å². The number of aromatic nitrogens is 1. The highest BCUT2D eigenvalue weighted by Gasteiger charge is 2.17. The lowest BCUT2D eigenvalue weighted by Gasteiger charge is -2.10. The van der Waals surface area contributed by atoms with Crippen LogP contribution in [0, 0.1) is 10.1 Å². The standard InChI is InChI=1S/C16H12BrN3O2/c17-12-6-7-13-14(8-12)18-10-15(20(21)22)16(13)19-9-11-4-2-1-3-5-11/h1-8,10H,9H2,(H,18,19). The summed E-state index contributed by atoms with van der Waals surface area (Å²) in [6.45, 7) is 0.511. The molecule has 0 aliphatic carbocycles. The number of halogens is 1. The van der Waals surface area contributed by atoms with E-state index < -0.39 is 4.92 Å². The molecule has 0 aliphatic heterocycles. The number of nitro groups is 1. The maximum atomic E-state index is 11.3. The van der Waals surface area contributed by atoms with Gasteiger partial charge < -0.3 is 5.32 Å². The first-order valence-corrected chi connectivity index (χ1v) is 7.45. The largest absolute Gasteiger partial charge is 0.375 e. The molecule has 1 aromatic heterocycles. The predicted octanol–water partition coefficient (Wildman–Crippen LogP) is 4.52. The van der Waals surface area contributed by atoms with Gasteiger partial charge in [-0.1, -0.05) is 46.3 Å². The zero-order valence-electron chi connectivity index (χ0n) is 11.5. The minimum atomic E-state index is -0.415. The SMILES string of the molecule is O=[N+]([O-])c1cnc2cc(Br)ccc2c1NCc1ccccc1. The van der Waals surface area contributed by atoms with E-state index in [1.807, 2.05) is 48.5 Å². The maximum absolute atomic E-state index is 11.3. The van der Waals surface area contributed by atoms with Crippen LogP contribution in [0.2, 0.25) is 0 Å². The summed E-state index contributed by atoms with van der Waals surface area (Å²) in [6, 6.07) is 15.3. The number of anilines is 1. The summed E-state index contributed by atoms with van der Waals surface area (Å²) in [7, 11) is 0. The van der Waals surface area contributed by atoms with E-state index in [0.29, 0.717) is 17.7 Å². The van der Waals surface area contributed by atoms with Crippen LogP contribution in [0.5, 0.6) is 0 Å². The fraction of sp³-hybridized carbons (Fsp3) is 0.0625. The average molecular weight is 358 g/mol. The molecule has 5 nitrogen and oxygen atoms in total. The summed E-state index contributed by atoms with van der Waals surface area (Å²) in [5, 5.41) is 15.2. The Morgan fingerprint density at radius 1 is 1.18 bits per heavy atom. The number of pyridine rings is 1. The molecule has 0 saturated heterocycles. The molecule has 1 N–H and O–H groups in total. The van der Waals surface area contributed by atoms with Crippen LogP contribution in [-0.4, -0.2) is 9.91 Å². The summed E-state index contributed by atoms with van der Waals surface area (Å²) in [6.07, 6.45) is 1.29. The Kier molecular flexibility index (Phi) is 4.02. The molecule has 22 heavy (non-hydrogen) atoms. The third-order valence-corrected chi connectivity index (χ3v) is 3.81. The molecule has 0 saturated carbocycles. The Bertz CT molecular complexity index is 837. The Hall–Kier alpha value is -2.47. The second-order valence-electron chi connectivity index (χ2n) is 4.78. The molecule has 0 aliphatic rings. The first-order chi connectivity index (χ1) is 10.6. The fourth-order valence-electron chi connectivity index (χ4n) is 2.27. The molecule has 0 fully saturated rings. The Balaban J connectivity index is 2.04. The first kappa shape index (κ1) is 14.5. The highest BCUT2D eigenvalue weighted by atomic mass is 79.9. The van der Waals surface area contributed by atoms with Crippen molar-refractivity contribution in [2.24, 2.45) is 0 Å². The van der Waals surface area contributed by atoms with Gasteiger partial charge in [-0.2, -0.15) is 0 Å². The molecule has 0 spiro atoms. The third-order valence-electron chi connectivity index (χ3n) is 3.32. The topological polar surface area (TPSA) is 68.1 Å². The molecule has 3 rings (SSSR count). The van der Waals surface area contributed by atoms with Gasteiger partial charge in [0.2, 0.25) is 0 Å². The van der Waals surface area contributed by atoms with E-state index in [1.165, 1.54) is 6.20 Å². The van der Waals surface area contributed by atoms with Gasteiger partial charge in [0.05, 0.1) is 10.4 Å². The second-order valence-corrected chi connectivity index (χ2v) is 5.69. The fourth-order valence-corrected chi connectivity index (χ4v) is 2.62. The first-order valence-electron chi connectivity index (χ1n) is 6.65. The van der Waals surface area contributed by atoms with Gasteiger partial charge >= 0.3 is 5.69 Å². The van der Waals surface area contributed by atoms with Gasteiger partial charge in [-0.15, -0.1) is 0 Å². The summed E-state index contributed by atoms with van der Waals surface area (Å²) in [4.78, 5) is 15.0. The molecule has 3 aromatic rings. The van der Waals surface area contributed by atoms with Crippen LogP contribution in [0.3, 0.4) is 0 Å². The molecular weight excluding hydrogens is 346 g/mol.